The quantitative estimate of drug-likeness (QED) is 0.860. The average Bonchev–Trinajstić information content (AvgIpc) is 2.35. The van der Waals surface area contributed by atoms with Gasteiger partial charge in [-0.15, -0.1) is 0 Å². The second-order valence-corrected chi connectivity index (χ2v) is 4.85. The Labute approximate surface area is 107 Å². The van der Waals surface area contributed by atoms with Gasteiger partial charge in [-0.05, 0) is 25.6 Å². The van der Waals surface area contributed by atoms with Crippen molar-refractivity contribution in [1.82, 2.24) is 14.8 Å². The minimum atomic E-state index is -0.806. The van der Waals surface area contributed by atoms with Gasteiger partial charge in [-0.3, -0.25) is 14.7 Å². The summed E-state index contributed by atoms with van der Waals surface area (Å²) in [6, 6.07) is 3.40. The zero-order valence-corrected chi connectivity index (χ0v) is 10.8. The van der Waals surface area contributed by atoms with Crippen LogP contribution in [0.2, 0.25) is 0 Å². The first kappa shape index (κ1) is 13.0. The number of hydrogen-bond donors (Lipinski definition) is 1. The maximum Gasteiger partial charge on any atom is 0.325 e. The van der Waals surface area contributed by atoms with Crippen molar-refractivity contribution in [2.75, 3.05) is 26.7 Å². The second-order valence-electron chi connectivity index (χ2n) is 4.85. The molecule has 5 nitrogen and oxygen atoms in total. The van der Waals surface area contributed by atoms with Crippen LogP contribution in [0.3, 0.4) is 0 Å². The van der Waals surface area contributed by atoms with Gasteiger partial charge in [-0.1, -0.05) is 6.07 Å². The van der Waals surface area contributed by atoms with Crippen LogP contribution >= 0.6 is 0 Å². The molecule has 0 amide bonds. The molecule has 5 heteroatoms. The predicted molar refractivity (Wildman–Crippen MR) is 68.3 cm³/mol. The Morgan fingerprint density at radius 2 is 2.33 bits per heavy atom. The van der Waals surface area contributed by atoms with Gasteiger partial charge in [0.25, 0.3) is 0 Å². The van der Waals surface area contributed by atoms with E-state index in [-0.39, 0.29) is 0 Å². The van der Waals surface area contributed by atoms with E-state index in [1.165, 1.54) is 0 Å². The van der Waals surface area contributed by atoms with Gasteiger partial charge in [-0.25, -0.2) is 0 Å². The Bertz CT molecular complexity index is 410. The van der Waals surface area contributed by atoms with Crippen LogP contribution in [-0.4, -0.2) is 58.6 Å². The Hall–Kier alpha value is -1.46. The van der Waals surface area contributed by atoms with E-state index in [0.29, 0.717) is 6.04 Å². The van der Waals surface area contributed by atoms with Gasteiger partial charge in [0.1, 0.15) is 6.04 Å². The Morgan fingerprint density at radius 1 is 1.56 bits per heavy atom. The minimum absolute atomic E-state index is 0.372. The molecule has 1 saturated heterocycles. The number of carboxylic acids is 1. The van der Waals surface area contributed by atoms with Crippen molar-refractivity contribution in [3.63, 3.8) is 0 Å². The highest BCUT2D eigenvalue weighted by atomic mass is 16.4. The molecule has 1 N–H and O–H groups in total. The highest BCUT2D eigenvalue weighted by Crippen LogP contribution is 2.23. The lowest BCUT2D eigenvalue weighted by atomic mass is 10.1. The first-order chi connectivity index (χ1) is 8.59. The van der Waals surface area contributed by atoms with Crippen LogP contribution in [0.1, 0.15) is 18.5 Å². The van der Waals surface area contributed by atoms with E-state index in [0.717, 1.165) is 25.2 Å². The number of likely N-dealkylation sites (N-methyl/N-ethyl adjacent to an activating group) is 1. The molecular formula is C13H19N3O2. The van der Waals surface area contributed by atoms with Crippen molar-refractivity contribution in [2.24, 2.45) is 0 Å². The number of aromatic nitrogens is 1. The smallest absolute Gasteiger partial charge is 0.325 e. The summed E-state index contributed by atoms with van der Waals surface area (Å²) in [6.07, 6.45) is 3.30. The second kappa shape index (κ2) is 5.46. The molecule has 0 bridgehead atoms. The van der Waals surface area contributed by atoms with Gasteiger partial charge < -0.3 is 10.0 Å². The van der Waals surface area contributed by atoms with Gasteiger partial charge in [0, 0.05) is 38.1 Å². The third-order valence-corrected chi connectivity index (χ3v) is 3.59. The maximum atomic E-state index is 11.5. The monoisotopic (exact) mass is 249 g/mol. The Balaban J connectivity index is 2.19. The van der Waals surface area contributed by atoms with Crippen molar-refractivity contribution in [3.8, 4) is 0 Å². The normalized spacial score (nSPS) is 23.8. The van der Waals surface area contributed by atoms with Crippen LogP contribution < -0.4 is 0 Å². The summed E-state index contributed by atoms with van der Waals surface area (Å²) in [5.41, 5.74) is 0.752. The third-order valence-electron chi connectivity index (χ3n) is 3.59. The van der Waals surface area contributed by atoms with Crippen LogP contribution in [0.15, 0.2) is 24.5 Å². The van der Waals surface area contributed by atoms with Crippen molar-refractivity contribution >= 4 is 5.97 Å². The molecule has 0 radical (unpaired) electrons. The zero-order chi connectivity index (χ0) is 13.1. The van der Waals surface area contributed by atoms with Crippen molar-refractivity contribution in [1.29, 1.82) is 0 Å². The van der Waals surface area contributed by atoms with Crippen LogP contribution in [-0.2, 0) is 4.79 Å². The maximum absolute atomic E-state index is 11.5. The summed E-state index contributed by atoms with van der Waals surface area (Å²) in [4.78, 5) is 19.8. The van der Waals surface area contributed by atoms with Crippen LogP contribution in [0.25, 0.3) is 0 Å². The lowest BCUT2D eigenvalue weighted by Crippen LogP contribution is -2.52. The van der Waals surface area contributed by atoms with Gasteiger partial charge in [0.15, 0.2) is 0 Å². The van der Waals surface area contributed by atoms with E-state index in [1.54, 1.807) is 18.5 Å². The van der Waals surface area contributed by atoms with E-state index < -0.39 is 12.0 Å². The fraction of sp³-hybridized carbons (Fsp3) is 0.538. The Morgan fingerprint density at radius 3 is 2.89 bits per heavy atom. The molecule has 1 aromatic heterocycles. The molecule has 0 spiro atoms. The highest BCUT2D eigenvalue weighted by Gasteiger charge is 2.32. The molecule has 1 aromatic rings. The number of nitrogens with zero attached hydrogens (tertiary/aromatic N) is 3. The molecule has 0 saturated carbocycles. The standard InChI is InChI=1S/C13H19N3O2/c1-10-9-16(7-6-15(10)2)12(13(17)18)11-4-3-5-14-8-11/h3-5,8,10,12H,6-7,9H2,1-2H3,(H,17,18). The molecule has 0 aromatic carbocycles. The summed E-state index contributed by atoms with van der Waals surface area (Å²) in [7, 11) is 2.07. The number of carboxylic acid groups (broad SMARTS) is 1. The molecule has 2 rings (SSSR count). The van der Waals surface area contributed by atoms with Gasteiger partial charge in [-0.2, -0.15) is 0 Å². The molecule has 98 valence electrons. The molecule has 2 atom stereocenters. The summed E-state index contributed by atoms with van der Waals surface area (Å²) in [6.45, 7) is 4.55. The SMILES string of the molecule is CC1CN(C(C(=O)O)c2cccnc2)CCN1C. The van der Waals surface area contributed by atoms with E-state index in [4.69, 9.17) is 0 Å². The summed E-state index contributed by atoms with van der Waals surface area (Å²) >= 11 is 0. The zero-order valence-electron chi connectivity index (χ0n) is 10.8. The number of hydrogen-bond acceptors (Lipinski definition) is 4. The summed E-state index contributed by atoms with van der Waals surface area (Å²) < 4.78 is 0. The average molecular weight is 249 g/mol. The van der Waals surface area contributed by atoms with E-state index >= 15 is 0 Å². The molecule has 1 aliphatic heterocycles. The van der Waals surface area contributed by atoms with Gasteiger partial charge in [0.2, 0.25) is 0 Å². The molecule has 2 unspecified atom stereocenters. The first-order valence-corrected chi connectivity index (χ1v) is 6.16. The fourth-order valence-corrected chi connectivity index (χ4v) is 2.36. The highest BCUT2D eigenvalue weighted by molar-refractivity contribution is 5.75. The number of carbonyl (C=O) groups is 1. The van der Waals surface area contributed by atoms with Crippen LogP contribution in [0, 0.1) is 0 Å². The molecule has 1 fully saturated rings. The molecule has 2 heterocycles. The molecule has 1 aliphatic rings. The number of piperazine rings is 1. The van der Waals surface area contributed by atoms with E-state index in [1.807, 2.05) is 11.0 Å². The lowest BCUT2D eigenvalue weighted by molar-refractivity contribution is -0.144. The topological polar surface area (TPSA) is 56.7 Å². The fourth-order valence-electron chi connectivity index (χ4n) is 2.36. The summed E-state index contributed by atoms with van der Waals surface area (Å²) in [5, 5.41) is 9.45. The van der Waals surface area contributed by atoms with Gasteiger partial charge in [0.05, 0.1) is 0 Å². The third kappa shape index (κ3) is 2.68. The van der Waals surface area contributed by atoms with Crippen molar-refractivity contribution in [3.05, 3.63) is 30.1 Å². The number of rotatable bonds is 3. The predicted octanol–water partition coefficient (Wildman–Crippen LogP) is 0.843. The molecule has 18 heavy (non-hydrogen) atoms. The molecular weight excluding hydrogens is 230 g/mol. The summed E-state index contributed by atoms with van der Waals surface area (Å²) in [5.74, 6) is -0.806. The Kier molecular flexibility index (Phi) is 3.93. The van der Waals surface area contributed by atoms with Crippen LogP contribution in [0.4, 0.5) is 0 Å². The first-order valence-electron chi connectivity index (χ1n) is 6.16. The van der Waals surface area contributed by atoms with E-state index in [2.05, 4.69) is 23.9 Å². The van der Waals surface area contributed by atoms with Gasteiger partial charge >= 0.3 is 5.97 Å². The number of aliphatic carboxylic acids is 1. The van der Waals surface area contributed by atoms with Crippen molar-refractivity contribution in [2.45, 2.75) is 19.0 Å². The van der Waals surface area contributed by atoms with Crippen LogP contribution in [0.5, 0.6) is 0 Å². The van der Waals surface area contributed by atoms with Crippen molar-refractivity contribution < 1.29 is 9.90 Å². The number of pyridine rings is 1. The molecule has 0 aliphatic carbocycles. The van der Waals surface area contributed by atoms with E-state index in [9.17, 15) is 9.90 Å². The lowest BCUT2D eigenvalue weighted by Gasteiger charge is -2.40. The largest absolute Gasteiger partial charge is 0.480 e. The minimum Gasteiger partial charge on any atom is -0.480 e.